The van der Waals surface area contributed by atoms with Crippen LogP contribution in [0.25, 0.3) is 22.4 Å². The number of hydrogen-bond acceptors (Lipinski definition) is 5. The highest BCUT2D eigenvalue weighted by Gasteiger charge is 2.09. The summed E-state index contributed by atoms with van der Waals surface area (Å²) in [4.78, 5) is 18.1. The average molecular weight is 327 g/mol. The van der Waals surface area contributed by atoms with Gasteiger partial charge in [0.15, 0.2) is 5.82 Å². The Labute approximate surface area is 145 Å². The first-order valence-corrected chi connectivity index (χ1v) is 8.22. The fourth-order valence-electron chi connectivity index (χ4n) is 2.68. The summed E-state index contributed by atoms with van der Waals surface area (Å²) >= 11 is 0. The van der Waals surface area contributed by atoms with Crippen molar-refractivity contribution in [2.45, 2.75) is 6.42 Å². The van der Waals surface area contributed by atoms with E-state index in [4.69, 9.17) is 4.98 Å². The standard InChI is InChI=1S/C20H17N5/c1-2-9-17-16(8-1)19(23-14-11-15-7-3-5-12-21-15)25-20(24-17)18-10-4-6-13-22-18/h1-10,12-13H,11,14H2,(H,23,24,25). The van der Waals surface area contributed by atoms with E-state index in [2.05, 4.69) is 20.3 Å². The van der Waals surface area contributed by atoms with Crippen LogP contribution in [-0.4, -0.2) is 26.5 Å². The van der Waals surface area contributed by atoms with Crippen LogP contribution < -0.4 is 5.32 Å². The summed E-state index contributed by atoms with van der Waals surface area (Å²) in [5.41, 5.74) is 2.72. The van der Waals surface area contributed by atoms with Crippen molar-refractivity contribution >= 4 is 16.7 Å². The molecule has 25 heavy (non-hydrogen) atoms. The van der Waals surface area contributed by atoms with Gasteiger partial charge in [-0.05, 0) is 36.4 Å². The maximum Gasteiger partial charge on any atom is 0.180 e. The minimum absolute atomic E-state index is 0.625. The van der Waals surface area contributed by atoms with E-state index in [1.54, 1.807) is 6.20 Å². The van der Waals surface area contributed by atoms with Crippen molar-refractivity contribution in [3.63, 3.8) is 0 Å². The molecule has 0 saturated heterocycles. The first kappa shape index (κ1) is 15.2. The van der Waals surface area contributed by atoms with Crippen LogP contribution in [0.15, 0.2) is 73.1 Å². The predicted octanol–water partition coefficient (Wildman–Crippen LogP) is 3.74. The van der Waals surface area contributed by atoms with Crippen molar-refractivity contribution < 1.29 is 0 Å². The summed E-state index contributed by atoms with van der Waals surface area (Å²) < 4.78 is 0. The van der Waals surface area contributed by atoms with Gasteiger partial charge in [-0.15, -0.1) is 0 Å². The van der Waals surface area contributed by atoms with Gasteiger partial charge in [-0.2, -0.15) is 0 Å². The topological polar surface area (TPSA) is 63.6 Å². The van der Waals surface area contributed by atoms with Gasteiger partial charge >= 0.3 is 0 Å². The molecule has 0 unspecified atom stereocenters. The maximum atomic E-state index is 4.70. The highest BCUT2D eigenvalue weighted by Crippen LogP contribution is 2.23. The Hall–Kier alpha value is -3.34. The lowest BCUT2D eigenvalue weighted by atomic mass is 10.2. The van der Waals surface area contributed by atoms with E-state index in [9.17, 15) is 0 Å². The number of nitrogens with one attached hydrogen (secondary N) is 1. The molecule has 0 atom stereocenters. The van der Waals surface area contributed by atoms with Gasteiger partial charge in [0, 0.05) is 36.4 Å². The fourth-order valence-corrected chi connectivity index (χ4v) is 2.68. The molecule has 5 heteroatoms. The number of anilines is 1. The Morgan fingerprint density at radius 1 is 0.760 bits per heavy atom. The van der Waals surface area contributed by atoms with Gasteiger partial charge in [-0.3, -0.25) is 9.97 Å². The molecular formula is C20H17N5. The number of fused-ring (bicyclic) bond motifs is 1. The lowest BCUT2D eigenvalue weighted by molar-refractivity contribution is 0.954. The number of para-hydroxylation sites is 1. The highest BCUT2D eigenvalue weighted by atomic mass is 15.0. The van der Waals surface area contributed by atoms with Gasteiger partial charge in [-0.1, -0.05) is 24.3 Å². The minimum atomic E-state index is 0.625. The van der Waals surface area contributed by atoms with E-state index in [1.807, 2.05) is 66.9 Å². The van der Waals surface area contributed by atoms with Gasteiger partial charge in [0.1, 0.15) is 11.5 Å². The first-order chi connectivity index (χ1) is 12.4. The number of benzene rings is 1. The van der Waals surface area contributed by atoms with Crippen molar-refractivity contribution in [3.8, 4) is 11.5 Å². The molecule has 0 saturated carbocycles. The largest absolute Gasteiger partial charge is 0.369 e. The van der Waals surface area contributed by atoms with E-state index >= 15 is 0 Å². The molecule has 0 amide bonds. The number of hydrogen-bond donors (Lipinski definition) is 1. The van der Waals surface area contributed by atoms with Crippen LogP contribution in [0.4, 0.5) is 5.82 Å². The van der Waals surface area contributed by atoms with Crippen molar-refractivity contribution in [1.82, 2.24) is 19.9 Å². The molecule has 122 valence electrons. The molecule has 3 heterocycles. The number of pyridine rings is 2. The molecule has 1 aromatic carbocycles. The predicted molar refractivity (Wildman–Crippen MR) is 99.2 cm³/mol. The minimum Gasteiger partial charge on any atom is -0.369 e. The summed E-state index contributed by atoms with van der Waals surface area (Å²) in [6.45, 7) is 0.750. The molecule has 0 spiro atoms. The third kappa shape index (κ3) is 3.45. The quantitative estimate of drug-likeness (QED) is 0.605. The van der Waals surface area contributed by atoms with Crippen LogP contribution in [0.3, 0.4) is 0 Å². The summed E-state index contributed by atoms with van der Waals surface area (Å²) in [6, 6.07) is 19.7. The van der Waals surface area contributed by atoms with Crippen molar-refractivity contribution in [2.24, 2.45) is 0 Å². The Balaban J connectivity index is 1.64. The summed E-state index contributed by atoms with van der Waals surface area (Å²) in [5.74, 6) is 1.45. The van der Waals surface area contributed by atoms with Crippen molar-refractivity contribution in [2.75, 3.05) is 11.9 Å². The highest BCUT2D eigenvalue weighted by molar-refractivity contribution is 5.90. The monoisotopic (exact) mass is 327 g/mol. The van der Waals surface area contributed by atoms with E-state index in [0.29, 0.717) is 5.82 Å². The van der Waals surface area contributed by atoms with Gasteiger partial charge in [-0.25, -0.2) is 9.97 Å². The Morgan fingerprint density at radius 2 is 1.56 bits per heavy atom. The van der Waals surface area contributed by atoms with Crippen molar-refractivity contribution in [3.05, 3.63) is 78.8 Å². The third-order valence-corrected chi connectivity index (χ3v) is 3.90. The first-order valence-electron chi connectivity index (χ1n) is 8.22. The maximum absolute atomic E-state index is 4.70. The van der Waals surface area contributed by atoms with Crippen LogP contribution in [0.1, 0.15) is 5.69 Å². The van der Waals surface area contributed by atoms with E-state index in [-0.39, 0.29) is 0 Å². The molecule has 4 aromatic rings. The van der Waals surface area contributed by atoms with Crippen LogP contribution in [-0.2, 0) is 6.42 Å². The summed E-state index contributed by atoms with van der Waals surface area (Å²) in [6.07, 6.45) is 4.40. The lowest BCUT2D eigenvalue weighted by Crippen LogP contribution is -2.09. The molecule has 4 rings (SSSR count). The Morgan fingerprint density at radius 3 is 2.36 bits per heavy atom. The molecule has 1 N–H and O–H groups in total. The Kier molecular flexibility index (Phi) is 4.29. The molecule has 0 radical (unpaired) electrons. The molecule has 5 nitrogen and oxygen atoms in total. The van der Waals surface area contributed by atoms with Crippen LogP contribution >= 0.6 is 0 Å². The van der Waals surface area contributed by atoms with Gasteiger partial charge in [0.2, 0.25) is 0 Å². The second kappa shape index (κ2) is 7.05. The Bertz CT molecular complexity index is 971. The van der Waals surface area contributed by atoms with Crippen molar-refractivity contribution in [1.29, 1.82) is 0 Å². The van der Waals surface area contributed by atoms with Crippen LogP contribution in [0, 0.1) is 0 Å². The number of rotatable bonds is 5. The number of nitrogens with zero attached hydrogens (tertiary/aromatic N) is 4. The zero-order chi connectivity index (χ0) is 16.9. The SMILES string of the molecule is c1ccc(CCNc2nc(-c3ccccn3)nc3ccccc23)nc1. The second-order valence-electron chi connectivity index (χ2n) is 5.63. The second-order valence-corrected chi connectivity index (χ2v) is 5.63. The lowest BCUT2D eigenvalue weighted by Gasteiger charge is -2.10. The molecular weight excluding hydrogens is 310 g/mol. The zero-order valence-corrected chi connectivity index (χ0v) is 13.6. The van der Waals surface area contributed by atoms with Crippen LogP contribution in [0.5, 0.6) is 0 Å². The van der Waals surface area contributed by atoms with Crippen LogP contribution in [0.2, 0.25) is 0 Å². The normalized spacial score (nSPS) is 10.7. The molecule has 0 aliphatic heterocycles. The zero-order valence-electron chi connectivity index (χ0n) is 13.6. The fraction of sp³-hybridized carbons (Fsp3) is 0.100. The molecule has 0 bridgehead atoms. The molecule has 0 aliphatic carbocycles. The van der Waals surface area contributed by atoms with Gasteiger partial charge < -0.3 is 5.32 Å². The van der Waals surface area contributed by atoms with E-state index < -0.39 is 0 Å². The average Bonchev–Trinajstić information content (AvgIpc) is 2.69. The summed E-state index contributed by atoms with van der Waals surface area (Å²) in [7, 11) is 0. The molecule has 3 aromatic heterocycles. The third-order valence-electron chi connectivity index (χ3n) is 3.90. The van der Waals surface area contributed by atoms with Gasteiger partial charge in [0.05, 0.1) is 5.52 Å². The number of aromatic nitrogens is 4. The van der Waals surface area contributed by atoms with E-state index in [1.165, 1.54) is 0 Å². The smallest absolute Gasteiger partial charge is 0.180 e. The molecule has 0 fully saturated rings. The summed E-state index contributed by atoms with van der Waals surface area (Å²) in [5, 5.41) is 4.43. The van der Waals surface area contributed by atoms with Gasteiger partial charge in [0.25, 0.3) is 0 Å². The van der Waals surface area contributed by atoms with E-state index in [0.717, 1.165) is 41.1 Å². The molecule has 0 aliphatic rings.